The molecule has 1 fully saturated rings. The molecule has 3 aromatic rings. The fourth-order valence-corrected chi connectivity index (χ4v) is 4.82. The van der Waals surface area contributed by atoms with Gasteiger partial charge in [0.05, 0.1) is 12.7 Å². The number of hydrogen-bond donors (Lipinski definition) is 0. The maximum absolute atomic E-state index is 15.0. The predicted molar refractivity (Wildman–Crippen MR) is 137 cm³/mol. The summed E-state index contributed by atoms with van der Waals surface area (Å²) in [5.41, 5.74) is 1.76. The highest BCUT2D eigenvalue weighted by Crippen LogP contribution is 2.36. The molecule has 1 heterocycles. The van der Waals surface area contributed by atoms with Gasteiger partial charge in [0.1, 0.15) is 0 Å². The van der Waals surface area contributed by atoms with E-state index < -0.39 is 29.4 Å². The van der Waals surface area contributed by atoms with Gasteiger partial charge in [-0.25, -0.2) is 17.6 Å². The van der Waals surface area contributed by atoms with Crippen molar-refractivity contribution >= 4 is 0 Å². The fraction of sp³-hybridized carbons (Fsp3) is 0.355. The van der Waals surface area contributed by atoms with Gasteiger partial charge in [-0.15, -0.1) is 6.58 Å². The molecule has 1 aliphatic heterocycles. The third-order valence-corrected chi connectivity index (χ3v) is 7.07. The molecule has 5 heteroatoms. The summed E-state index contributed by atoms with van der Waals surface area (Å²) in [6.45, 7) is 6.30. The van der Waals surface area contributed by atoms with Crippen LogP contribution in [0.15, 0.2) is 61.2 Å². The number of halogens is 4. The molecular formula is C31H32F4O. The van der Waals surface area contributed by atoms with E-state index in [-0.39, 0.29) is 22.6 Å². The second-order valence-electron chi connectivity index (χ2n) is 9.51. The highest BCUT2D eigenvalue weighted by atomic mass is 19.2. The van der Waals surface area contributed by atoms with Crippen molar-refractivity contribution in [2.75, 3.05) is 6.61 Å². The first-order chi connectivity index (χ1) is 17.4. The summed E-state index contributed by atoms with van der Waals surface area (Å²) in [7, 11) is 0. The molecule has 2 atom stereocenters. The number of benzene rings is 3. The summed E-state index contributed by atoms with van der Waals surface area (Å²) < 4.78 is 65.2. The van der Waals surface area contributed by atoms with Crippen molar-refractivity contribution in [3.63, 3.8) is 0 Å². The summed E-state index contributed by atoms with van der Waals surface area (Å²) in [5, 5.41) is 0. The zero-order valence-corrected chi connectivity index (χ0v) is 20.6. The second-order valence-corrected chi connectivity index (χ2v) is 9.51. The van der Waals surface area contributed by atoms with Gasteiger partial charge in [-0.2, -0.15) is 0 Å². The molecule has 0 amide bonds. The lowest BCUT2D eigenvalue weighted by atomic mass is 9.92. The summed E-state index contributed by atoms with van der Waals surface area (Å²) in [6, 6.07) is 12.7. The van der Waals surface area contributed by atoms with Gasteiger partial charge in [0.2, 0.25) is 0 Å². The average molecular weight is 497 g/mol. The van der Waals surface area contributed by atoms with Crippen LogP contribution in [0.25, 0.3) is 22.3 Å². The molecule has 0 aliphatic carbocycles. The normalized spacial score (nSPS) is 17.8. The number of unbranched alkanes of at least 4 members (excludes halogenated alkanes) is 3. The van der Waals surface area contributed by atoms with Crippen molar-refractivity contribution in [2.24, 2.45) is 5.92 Å². The summed E-state index contributed by atoms with van der Waals surface area (Å²) >= 11 is 0. The van der Waals surface area contributed by atoms with Crippen LogP contribution in [0.1, 0.15) is 62.7 Å². The highest BCUT2D eigenvalue weighted by molar-refractivity contribution is 5.71. The van der Waals surface area contributed by atoms with Crippen LogP contribution >= 0.6 is 0 Å². The summed E-state index contributed by atoms with van der Waals surface area (Å²) in [5.74, 6) is -3.34. The van der Waals surface area contributed by atoms with Gasteiger partial charge in [-0.3, -0.25) is 0 Å². The first-order valence-electron chi connectivity index (χ1n) is 12.7. The average Bonchev–Trinajstić information content (AvgIpc) is 2.91. The van der Waals surface area contributed by atoms with Gasteiger partial charge >= 0.3 is 0 Å². The Labute approximate surface area is 210 Å². The number of ether oxygens (including phenoxy) is 1. The zero-order valence-electron chi connectivity index (χ0n) is 20.6. The van der Waals surface area contributed by atoms with Gasteiger partial charge < -0.3 is 4.74 Å². The third-order valence-electron chi connectivity index (χ3n) is 7.07. The molecule has 2 unspecified atom stereocenters. The smallest absolute Gasteiger partial charge is 0.167 e. The van der Waals surface area contributed by atoms with Gasteiger partial charge in [-0.1, -0.05) is 80.8 Å². The van der Waals surface area contributed by atoms with Gasteiger partial charge in [0, 0.05) is 22.6 Å². The van der Waals surface area contributed by atoms with Crippen LogP contribution in [0.2, 0.25) is 0 Å². The summed E-state index contributed by atoms with van der Waals surface area (Å²) in [4.78, 5) is 0. The Balaban J connectivity index is 1.52. The lowest BCUT2D eigenvalue weighted by Gasteiger charge is -2.28. The molecule has 1 nitrogen and oxygen atoms in total. The van der Waals surface area contributed by atoms with Gasteiger partial charge in [-0.05, 0) is 42.4 Å². The number of hydrogen-bond acceptors (Lipinski definition) is 1. The molecule has 4 rings (SSSR count). The molecule has 0 N–H and O–H groups in total. The van der Waals surface area contributed by atoms with E-state index in [9.17, 15) is 13.2 Å². The molecule has 0 bridgehead atoms. The SMILES string of the molecule is C=CC1CCC(c2ccc(-c3ccc(-c4ccc(CCCCCC)c(F)c4F)cc3)c(F)c2F)OC1. The lowest BCUT2D eigenvalue weighted by molar-refractivity contribution is -0.00732. The zero-order chi connectivity index (χ0) is 25.7. The minimum absolute atomic E-state index is 0.108. The van der Waals surface area contributed by atoms with Crippen LogP contribution < -0.4 is 0 Å². The first kappa shape index (κ1) is 26.2. The molecule has 36 heavy (non-hydrogen) atoms. The Hall–Kier alpha value is -2.92. The largest absolute Gasteiger partial charge is 0.373 e. The van der Waals surface area contributed by atoms with Crippen molar-refractivity contribution in [3.05, 3.63) is 95.6 Å². The third kappa shape index (κ3) is 5.57. The van der Waals surface area contributed by atoms with E-state index >= 15 is 4.39 Å². The molecule has 0 saturated carbocycles. The standard InChI is InChI=1S/C31H32F4O/c1-3-5-6-7-8-23-14-15-24(29(33)28(23)32)21-10-12-22(13-11-21)25-16-17-26(31(35)30(25)34)27-18-9-20(4-2)19-36-27/h4,10-17,20,27H,2-3,5-9,18-19H2,1H3. The van der Waals surface area contributed by atoms with Crippen molar-refractivity contribution in [2.45, 2.75) is 58.0 Å². The predicted octanol–water partition coefficient (Wildman–Crippen LogP) is 9.35. The van der Waals surface area contributed by atoms with Crippen LogP contribution in [0.4, 0.5) is 17.6 Å². The quantitative estimate of drug-likeness (QED) is 0.163. The first-order valence-corrected chi connectivity index (χ1v) is 12.7. The number of rotatable bonds is 9. The molecule has 3 aromatic carbocycles. The fourth-order valence-electron chi connectivity index (χ4n) is 4.82. The van der Waals surface area contributed by atoms with Crippen molar-refractivity contribution in [1.82, 2.24) is 0 Å². The van der Waals surface area contributed by atoms with E-state index in [1.165, 1.54) is 0 Å². The van der Waals surface area contributed by atoms with Gasteiger partial charge in [0.15, 0.2) is 23.3 Å². The van der Waals surface area contributed by atoms with E-state index in [0.29, 0.717) is 36.1 Å². The Morgan fingerprint density at radius 2 is 1.42 bits per heavy atom. The van der Waals surface area contributed by atoms with Crippen LogP contribution in [0.3, 0.4) is 0 Å². The van der Waals surface area contributed by atoms with E-state index in [1.807, 2.05) is 6.08 Å². The molecule has 190 valence electrons. The second kappa shape index (κ2) is 11.9. The molecule has 0 radical (unpaired) electrons. The van der Waals surface area contributed by atoms with Crippen molar-refractivity contribution in [3.8, 4) is 22.3 Å². The van der Waals surface area contributed by atoms with Crippen LogP contribution in [-0.2, 0) is 11.2 Å². The minimum Gasteiger partial charge on any atom is -0.373 e. The van der Waals surface area contributed by atoms with E-state index in [4.69, 9.17) is 4.74 Å². The van der Waals surface area contributed by atoms with Gasteiger partial charge in [0.25, 0.3) is 0 Å². The molecule has 0 aromatic heterocycles. The summed E-state index contributed by atoms with van der Waals surface area (Å²) in [6.07, 6.45) is 7.22. The minimum atomic E-state index is -0.945. The van der Waals surface area contributed by atoms with E-state index in [2.05, 4.69) is 13.5 Å². The Kier molecular flexibility index (Phi) is 8.63. The topological polar surface area (TPSA) is 9.23 Å². The van der Waals surface area contributed by atoms with Crippen molar-refractivity contribution in [1.29, 1.82) is 0 Å². The molecular weight excluding hydrogens is 464 g/mol. The Bertz CT molecular complexity index is 1190. The van der Waals surface area contributed by atoms with E-state index in [1.54, 1.807) is 48.5 Å². The highest BCUT2D eigenvalue weighted by Gasteiger charge is 2.26. The maximum Gasteiger partial charge on any atom is 0.167 e. The Morgan fingerprint density at radius 1 is 0.778 bits per heavy atom. The lowest BCUT2D eigenvalue weighted by Crippen LogP contribution is -2.20. The van der Waals surface area contributed by atoms with Crippen LogP contribution in [-0.4, -0.2) is 6.61 Å². The monoisotopic (exact) mass is 496 g/mol. The molecule has 1 saturated heterocycles. The van der Waals surface area contributed by atoms with Crippen LogP contribution in [0.5, 0.6) is 0 Å². The molecule has 1 aliphatic rings. The molecule has 0 spiro atoms. The Morgan fingerprint density at radius 3 is 2.00 bits per heavy atom. The van der Waals surface area contributed by atoms with Crippen LogP contribution in [0, 0.1) is 29.2 Å². The number of aryl methyl sites for hydroxylation is 1. The van der Waals surface area contributed by atoms with E-state index in [0.717, 1.165) is 32.1 Å². The van der Waals surface area contributed by atoms with Crippen molar-refractivity contribution < 1.29 is 22.3 Å². The maximum atomic E-state index is 15.0.